The number of fused-ring (bicyclic) bond motifs is 2. The minimum atomic E-state index is -5.42. The largest absolute Gasteiger partial charge is 0.323 e. The average molecular weight is 793 g/mol. The predicted octanol–water partition coefficient (Wildman–Crippen LogP) is 1.12. The van der Waals surface area contributed by atoms with E-state index in [0.717, 1.165) is 0 Å². The summed E-state index contributed by atoms with van der Waals surface area (Å²) >= 11 is 0. The van der Waals surface area contributed by atoms with Crippen molar-refractivity contribution in [1.82, 2.24) is 0 Å². The van der Waals surface area contributed by atoms with Gasteiger partial charge in [-0.2, -0.15) is 50.5 Å². The molecule has 0 aliphatic rings. The molecule has 0 saturated carbocycles. The zero-order chi connectivity index (χ0) is 36.6. The van der Waals surface area contributed by atoms with Crippen molar-refractivity contribution in [2.75, 3.05) is 10.6 Å². The van der Waals surface area contributed by atoms with E-state index < -0.39 is 129 Å². The number of anilines is 2. The van der Waals surface area contributed by atoms with Crippen LogP contribution in [0.15, 0.2) is 77.9 Å². The molecule has 4 aromatic carbocycles. The molecule has 0 heterocycles. The molecule has 27 heteroatoms. The Kier molecular flexibility index (Phi) is 8.95. The highest BCUT2D eigenvalue weighted by atomic mass is 32.2. The molecule has 260 valence electrons. The number of urea groups is 1. The summed E-state index contributed by atoms with van der Waals surface area (Å²) in [5.74, 6) is 0. The minimum Gasteiger partial charge on any atom is -0.308 e. The first-order valence-corrected chi connectivity index (χ1v) is 20.3. The molecule has 0 radical (unpaired) electrons. The molecule has 0 bridgehead atoms. The third kappa shape index (κ3) is 7.71. The summed E-state index contributed by atoms with van der Waals surface area (Å²) in [6, 6.07) is 1.99. The molecule has 48 heavy (non-hydrogen) atoms. The Morgan fingerprint density at radius 2 is 0.625 bits per heavy atom. The lowest BCUT2D eigenvalue weighted by Crippen LogP contribution is -2.20. The van der Waals surface area contributed by atoms with Crippen molar-refractivity contribution in [3.05, 3.63) is 48.5 Å². The van der Waals surface area contributed by atoms with Gasteiger partial charge in [0.1, 0.15) is 19.6 Å². The van der Waals surface area contributed by atoms with E-state index >= 15 is 0 Å². The highest BCUT2D eigenvalue weighted by Gasteiger charge is 2.28. The van der Waals surface area contributed by atoms with Crippen LogP contribution in [0.3, 0.4) is 0 Å². The standard InChI is InChI=1S/C21H16N2O19S6/c24-21(22-9-1-13-15(17(3-9)45(31,32)33)5-11(43(25,26)27)7-19(13)47(37,38)39)23-10-2-14-16(18(4-10)46(34,35)36)6-12(44(28,29)30)8-20(14)48(40,41)42/h1-8H,(H2,22,23,24)(H,25,26,27)(H,28,29,30)(H,31,32,33)(H,34,35,36)(H,37,38,39)(H,40,41,42). The van der Waals surface area contributed by atoms with Crippen LogP contribution in [0.4, 0.5) is 16.2 Å². The molecule has 0 aromatic heterocycles. The Balaban J connectivity index is 1.93. The lowest BCUT2D eigenvalue weighted by Gasteiger charge is -2.15. The number of rotatable bonds is 8. The second-order valence-electron chi connectivity index (χ2n) is 9.41. The molecular formula is C21H16N2O19S6. The van der Waals surface area contributed by atoms with Crippen LogP contribution in [-0.4, -0.2) is 83.9 Å². The van der Waals surface area contributed by atoms with Crippen LogP contribution in [0.1, 0.15) is 0 Å². The van der Waals surface area contributed by atoms with Gasteiger partial charge in [-0.3, -0.25) is 27.3 Å². The third-order valence-corrected chi connectivity index (χ3v) is 11.4. The molecule has 0 aliphatic heterocycles. The summed E-state index contributed by atoms with van der Waals surface area (Å²) in [6.45, 7) is 0. The van der Waals surface area contributed by atoms with Gasteiger partial charge in [-0.05, 0) is 48.5 Å². The summed E-state index contributed by atoms with van der Waals surface area (Å²) in [6.07, 6.45) is 0. The van der Waals surface area contributed by atoms with Gasteiger partial charge in [0.25, 0.3) is 60.7 Å². The molecule has 4 rings (SSSR count). The summed E-state index contributed by atoms with van der Waals surface area (Å²) in [5.41, 5.74) is -1.44. The number of nitrogens with one attached hydrogen (secondary N) is 2. The van der Waals surface area contributed by atoms with E-state index in [4.69, 9.17) is 0 Å². The number of carbonyl (C=O) groups is 1. The van der Waals surface area contributed by atoms with Crippen molar-refractivity contribution in [3.8, 4) is 0 Å². The molecule has 21 nitrogen and oxygen atoms in total. The van der Waals surface area contributed by atoms with Gasteiger partial charge in [-0.1, -0.05) is 0 Å². The maximum Gasteiger partial charge on any atom is 0.323 e. The van der Waals surface area contributed by atoms with Gasteiger partial charge in [0, 0.05) is 32.9 Å². The van der Waals surface area contributed by atoms with Crippen molar-refractivity contribution in [3.63, 3.8) is 0 Å². The molecule has 0 fully saturated rings. The smallest absolute Gasteiger partial charge is 0.308 e. The van der Waals surface area contributed by atoms with Gasteiger partial charge >= 0.3 is 6.03 Å². The molecule has 0 aliphatic carbocycles. The Hall–Kier alpha value is -3.87. The quantitative estimate of drug-likeness (QED) is 0.116. The van der Waals surface area contributed by atoms with E-state index in [0.29, 0.717) is 36.4 Å². The molecule has 0 atom stereocenters. The van der Waals surface area contributed by atoms with Gasteiger partial charge < -0.3 is 10.6 Å². The van der Waals surface area contributed by atoms with Crippen LogP contribution < -0.4 is 10.6 Å². The van der Waals surface area contributed by atoms with Crippen LogP contribution in [0, 0.1) is 0 Å². The predicted molar refractivity (Wildman–Crippen MR) is 159 cm³/mol. The van der Waals surface area contributed by atoms with Crippen LogP contribution in [-0.2, 0) is 60.7 Å². The molecule has 2 amide bonds. The second kappa shape index (κ2) is 11.6. The SMILES string of the molecule is O=C(Nc1cc(S(=O)(=O)O)c2cc(S(=O)(=O)O)cc(S(=O)(=O)O)c2c1)Nc1cc(S(=O)(=O)O)c2cc(S(=O)(=O)O)cc(S(=O)(=O)O)c2c1. The fraction of sp³-hybridized carbons (Fsp3) is 0. The zero-order valence-electron chi connectivity index (χ0n) is 22.6. The fourth-order valence-corrected chi connectivity index (χ4v) is 8.44. The fourth-order valence-electron chi connectivity index (χ4n) is 4.33. The average Bonchev–Trinajstić information content (AvgIpc) is 2.87. The van der Waals surface area contributed by atoms with Crippen molar-refractivity contribution in [2.45, 2.75) is 29.4 Å². The normalized spacial score (nSPS) is 13.5. The van der Waals surface area contributed by atoms with Crippen LogP contribution in [0.5, 0.6) is 0 Å². The lowest BCUT2D eigenvalue weighted by molar-refractivity contribution is 0.262. The Morgan fingerprint density at radius 3 is 0.875 bits per heavy atom. The molecule has 0 spiro atoms. The van der Waals surface area contributed by atoms with Crippen LogP contribution >= 0.6 is 0 Å². The molecule has 8 N–H and O–H groups in total. The lowest BCUT2D eigenvalue weighted by atomic mass is 10.1. The second-order valence-corrected chi connectivity index (χ2v) is 17.8. The Bertz CT molecular complexity index is 2590. The van der Waals surface area contributed by atoms with Gasteiger partial charge in [0.05, 0.1) is 9.79 Å². The van der Waals surface area contributed by atoms with Gasteiger partial charge in [0.2, 0.25) is 0 Å². The van der Waals surface area contributed by atoms with Crippen LogP contribution in [0.2, 0.25) is 0 Å². The van der Waals surface area contributed by atoms with Crippen LogP contribution in [0.25, 0.3) is 21.5 Å². The summed E-state index contributed by atoms with van der Waals surface area (Å²) < 4.78 is 201. The van der Waals surface area contributed by atoms with E-state index in [9.17, 15) is 82.6 Å². The zero-order valence-corrected chi connectivity index (χ0v) is 27.5. The first kappa shape index (κ1) is 37.0. The van der Waals surface area contributed by atoms with Gasteiger partial charge in [0.15, 0.2) is 0 Å². The number of benzene rings is 4. The number of carbonyl (C=O) groups excluding carboxylic acids is 1. The Labute approximate surface area is 269 Å². The number of hydrogen-bond acceptors (Lipinski definition) is 13. The summed E-state index contributed by atoms with van der Waals surface area (Å²) in [5, 5.41) is 0.435. The highest BCUT2D eigenvalue weighted by molar-refractivity contribution is 7.88. The molecule has 0 saturated heterocycles. The molecule has 4 aromatic rings. The molecular weight excluding hydrogens is 777 g/mol. The van der Waals surface area contributed by atoms with Crippen molar-refractivity contribution in [1.29, 1.82) is 0 Å². The third-order valence-electron chi connectivity index (χ3n) is 6.16. The summed E-state index contributed by atoms with van der Waals surface area (Å²) in [4.78, 5) is 5.26. The van der Waals surface area contributed by atoms with E-state index in [1.807, 2.05) is 10.6 Å². The molecule has 0 unspecified atom stereocenters. The topological polar surface area (TPSA) is 367 Å². The summed E-state index contributed by atoms with van der Waals surface area (Å²) in [7, 11) is -32.1. The highest BCUT2D eigenvalue weighted by Crippen LogP contribution is 2.36. The van der Waals surface area contributed by atoms with E-state index in [2.05, 4.69) is 0 Å². The first-order valence-electron chi connectivity index (χ1n) is 11.6. The maximum absolute atomic E-state index is 12.9. The van der Waals surface area contributed by atoms with Crippen molar-refractivity contribution < 1.29 is 82.6 Å². The maximum atomic E-state index is 12.9. The Morgan fingerprint density at radius 1 is 0.375 bits per heavy atom. The van der Waals surface area contributed by atoms with E-state index in [-0.39, 0.29) is 12.1 Å². The van der Waals surface area contributed by atoms with Crippen molar-refractivity contribution >= 4 is 99.7 Å². The number of amides is 2. The van der Waals surface area contributed by atoms with E-state index in [1.165, 1.54) is 0 Å². The minimum absolute atomic E-state index is 0.219. The first-order chi connectivity index (χ1) is 21.5. The van der Waals surface area contributed by atoms with E-state index in [1.54, 1.807) is 0 Å². The van der Waals surface area contributed by atoms with Gasteiger partial charge in [-0.25, -0.2) is 4.79 Å². The van der Waals surface area contributed by atoms with Crippen molar-refractivity contribution in [2.24, 2.45) is 0 Å². The number of hydrogen-bond donors (Lipinski definition) is 8. The van der Waals surface area contributed by atoms with Gasteiger partial charge in [-0.15, -0.1) is 0 Å². The monoisotopic (exact) mass is 792 g/mol.